The molecular formula is C34H41N7O2. The standard InChI is InChI=1S/C34H41N7O2/c1-6-40(23-34(2,3)22-39(4)5)19-25-12-13-30-26(14-25)15-31(38-30)29-16-28(18-35-33(29)43)37-32(42)27-17-36-41(21-27)20-24-10-8-7-9-11-24/h7-18,21,38H,6,19-20,22-23H2,1-5H3,(H,35,43)(H,37,42). The van der Waals surface area contributed by atoms with Crippen LogP contribution in [0.3, 0.4) is 0 Å². The van der Waals surface area contributed by atoms with Gasteiger partial charge in [0.2, 0.25) is 0 Å². The number of hydrogen-bond donors (Lipinski definition) is 3. The first-order valence-electron chi connectivity index (χ1n) is 14.7. The smallest absolute Gasteiger partial charge is 0.258 e. The van der Waals surface area contributed by atoms with Crippen LogP contribution in [0.5, 0.6) is 0 Å². The summed E-state index contributed by atoms with van der Waals surface area (Å²) in [4.78, 5) is 36.7. The third-order valence-corrected chi connectivity index (χ3v) is 7.47. The Hall–Kier alpha value is -4.47. The van der Waals surface area contributed by atoms with Crippen molar-refractivity contribution in [3.63, 3.8) is 0 Å². The summed E-state index contributed by atoms with van der Waals surface area (Å²) in [6.45, 7) is 11.2. The van der Waals surface area contributed by atoms with E-state index in [9.17, 15) is 9.59 Å². The van der Waals surface area contributed by atoms with Crippen molar-refractivity contribution >= 4 is 22.5 Å². The lowest BCUT2D eigenvalue weighted by Crippen LogP contribution is -2.39. The molecule has 0 atom stereocenters. The number of fused-ring (bicyclic) bond motifs is 1. The maximum Gasteiger partial charge on any atom is 0.258 e. The third kappa shape index (κ3) is 7.68. The number of nitrogens with one attached hydrogen (secondary N) is 3. The summed E-state index contributed by atoms with van der Waals surface area (Å²) >= 11 is 0. The predicted octanol–water partition coefficient (Wildman–Crippen LogP) is 5.43. The molecule has 9 heteroatoms. The second-order valence-corrected chi connectivity index (χ2v) is 12.3. The lowest BCUT2D eigenvalue weighted by molar-refractivity contribution is 0.102. The first-order valence-corrected chi connectivity index (χ1v) is 14.7. The number of rotatable bonds is 12. The van der Waals surface area contributed by atoms with Crippen LogP contribution in [0.4, 0.5) is 5.69 Å². The van der Waals surface area contributed by atoms with Gasteiger partial charge in [-0.1, -0.05) is 57.2 Å². The quantitative estimate of drug-likeness (QED) is 0.183. The monoisotopic (exact) mass is 579 g/mol. The molecule has 2 aromatic carbocycles. The molecule has 0 saturated heterocycles. The number of carbonyl (C=O) groups excluding carboxylic acids is 1. The fraction of sp³-hybridized carbons (Fsp3) is 0.324. The van der Waals surface area contributed by atoms with E-state index in [1.807, 2.05) is 36.4 Å². The first-order chi connectivity index (χ1) is 20.6. The van der Waals surface area contributed by atoms with Gasteiger partial charge in [0.15, 0.2) is 0 Å². The van der Waals surface area contributed by atoms with Gasteiger partial charge in [0.1, 0.15) is 0 Å². The molecular weight excluding hydrogens is 538 g/mol. The summed E-state index contributed by atoms with van der Waals surface area (Å²) in [7, 11) is 4.24. The van der Waals surface area contributed by atoms with Crippen molar-refractivity contribution in [3.8, 4) is 11.3 Å². The lowest BCUT2D eigenvalue weighted by Gasteiger charge is -2.34. The Bertz CT molecular complexity index is 1750. The fourth-order valence-electron chi connectivity index (χ4n) is 5.77. The highest BCUT2D eigenvalue weighted by molar-refractivity contribution is 6.04. The molecule has 43 heavy (non-hydrogen) atoms. The highest BCUT2D eigenvalue weighted by Gasteiger charge is 2.22. The number of aromatic amines is 2. The maximum atomic E-state index is 13.0. The Balaban J connectivity index is 1.29. The van der Waals surface area contributed by atoms with Crippen molar-refractivity contribution in [2.24, 2.45) is 5.41 Å². The van der Waals surface area contributed by atoms with E-state index in [-0.39, 0.29) is 16.9 Å². The lowest BCUT2D eigenvalue weighted by atomic mass is 9.92. The minimum Gasteiger partial charge on any atom is -0.354 e. The molecule has 1 amide bonds. The van der Waals surface area contributed by atoms with Gasteiger partial charge in [0.25, 0.3) is 11.5 Å². The molecule has 3 heterocycles. The average molecular weight is 580 g/mol. The third-order valence-electron chi connectivity index (χ3n) is 7.47. The number of nitrogens with zero attached hydrogens (tertiary/aromatic N) is 4. The Kier molecular flexibility index (Phi) is 8.94. The van der Waals surface area contributed by atoms with Gasteiger partial charge >= 0.3 is 0 Å². The van der Waals surface area contributed by atoms with E-state index in [0.29, 0.717) is 29.1 Å². The van der Waals surface area contributed by atoms with Crippen LogP contribution in [0.25, 0.3) is 22.2 Å². The van der Waals surface area contributed by atoms with E-state index in [2.05, 4.69) is 83.2 Å². The van der Waals surface area contributed by atoms with Crippen molar-refractivity contribution in [1.29, 1.82) is 0 Å². The summed E-state index contributed by atoms with van der Waals surface area (Å²) in [6.07, 6.45) is 4.77. The van der Waals surface area contributed by atoms with Gasteiger partial charge in [0, 0.05) is 42.9 Å². The zero-order chi connectivity index (χ0) is 30.6. The number of benzene rings is 2. The second-order valence-electron chi connectivity index (χ2n) is 12.3. The van der Waals surface area contributed by atoms with Crippen molar-refractivity contribution in [3.05, 3.63) is 106 Å². The molecule has 0 aliphatic carbocycles. The van der Waals surface area contributed by atoms with Crippen LogP contribution >= 0.6 is 0 Å². The minimum absolute atomic E-state index is 0.176. The zero-order valence-electron chi connectivity index (χ0n) is 25.6. The van der Waals surface area contributed by atoms with E-state index >= 15 is 0 Å². The molecule has 9 nitrogen and oxygen atoms in total. The summed E-state index contributed by atoms with van der Waals surface area (Å²) in [5, 5.41) is 8.25. The van der Waals surface area contributed by atoms with E-state index in [0.717, 1.165) is 42.6 Å². The number of carbonyl (C=O) groups is 1. The molecule has 0 unspecified atom stereocenters. The number of aromatic nitrogens is 4. The molecule has 0 spiro atoms. The molecule has 0 radical (unpaired) electrons. The highest BCUT2D eigenvalue weighted by Crippen LogP contribution is 2.26. The normalized spacial score (nSPS) is 12.0. The van der Waals surface area contributed by atoms with E-state index in [1.54, 1.807) is 23.1 Å². The zero-order valence-corrected chi connectivity index (χ0v) is 25.6. The second kappa shape index (κ2) is 12.8. The van der Waals surface area contributed by atoms with Crippen LogP contribution in [-0.2, 0) is 13.1 Å². The molecule has 0 aliphatic heterocycles. The van der Waals surface area contributed by atoms with Gasteiger partial charge in [-0.15, -0.1) is 0 Å². The molecule has 224 valence electrons. The minimum atomic E-state index is -0.298. The summed E-state index contributed by atoms with van der Waals surface area (Å²) < 4.78 is 1.73. The largest absolute Gasteiger partial charge is 0.354 e. The van der Waals surface area contributed by atoms with Gasteiger partial charge < -0.3 is 20.2 Å². The SMILES string of the molecule is CCN(Cc1ccc2[nH]c(-c3cc(NC(=O)c4cnn(Cc5ccccc5)c4)c[nH]c3=O)cc2c1)CC(C)(C)CN(C)C. The van der Waals surface area contributed by atoms with Gasteiger partial charge in [-0.3, -0.25) is 19.2 Å². The van der Waals surface area contributed by atoms with E-state index in [4.69, 9.17) is 0 Å². The Morgan fingerprint density at radius 3 is 2.56 bits per heavy atom. The molecule has 3 aromatic heterocycles. The van der Waals surface area contributed by atoms with Crippen LogP contribution in [0.1, 0.15) is 42.3 Å². The summed E-state index contributed by atoms with van der Waals surface area (Å²) in [5.74, 6) is -0.298. The topological polar surface area (TPSA) is 102 Å². The van der Waals surface area contributed by atoms with Gasteiger partial charge in [-0.2, -0.15) is 5.10 Å². The summed E-state index contributed by atoms with van der Waals surface area (Å²) in [5.41, 5.74) is 5.30. The van der Waals surface area contributed by atoms with Crippen molar-refractivity contribution in [2.75, 3.05) is 39.0 Å². The van der Waals surface area contributed by atoms with Crippen LogP contribution < -0.4 is 10.9 Å². The van der Waals surface area contributed by atoms with Crippen molar-refractivity contribution in [1.82, 2.24) is 29.5 Å². The molecule has 5 aromatic rings. The molecule has 0 fully saturated rings. The number of H-pyrrole nitrogens is 2. The Labute approximate surface area is 252 Å². The van der Waals surface area contributed by atoms with Gasteiger partial charge in [-0.05, 0) is 61.4 Å². The predicted molar refractivity (Wildman–Crippen MR) is 173 cm³/mol. The van der Waals surface area contributed by atoms with Crippen LogP contribution in [0, 0.1) is 5.41 Å². The number of amides is 1. The fourth-order valence-corrected chi connectivity index (χ4v) is 5.77. The molecule has 0 saturated carbocycles. The number of hydrogen-bond acceptors (Lipinski definition) is 5. The van der Waals surface area contributed by atoms with Crippen molar-refractivity contribution in [2.45, 2.75) is 33.9 Å². The number of anilines is 1. The van der Waals surface area contributed by atoms with Crippen LogP contribution in [0.15, 0.2) is 84.0 Å². The molecule has 5 rings (SSSR count). The molecule has 3 N–H and O–H groups in total. The Morgan fingerprint density at radius 1 is 1.02 bits per heavy atom. The average Bonchev–Trinajstić information content (AvgIpc) is 3.60. The van der Waals surface area contributed by atoms with Gasteiger partial charge in [-0.25, -0.2) is 0 Å². The first kappa shape index (κ1) is 30.0. The molecule has 0 aliphatic rings. The van der Waals surface area contributed by atoms with E-state index < -0.39 is 0 Å². The maximum absolute atomic E-state index is 13.0. The van der Waals surface area contributed by atoms with E-state index in [1.165, 1.54) is 11.8 Å². The van der Waals surface area contributed by atoms with Gasteiger partial charge in [0.05, 0.1) is 35.2 Å². The molecule has 0 bridgehead atoms. The van der Waals surface area contributed by atoms with Crippen LogP contribution in [0.2, 0.25) is 0 Å². The van der Waals surface area contributed by atoms with Crippen LogP contribution in [-0.4, -0.2) is 69.2 Å². The van der Waals surface area contributed by atoms with Crippen molar-refractivity contribution < 1.29 is 4.79 Å². The highest BCUT2D eigenvalue weighted by atomic mass is 16.1. The Morgan fingerprint density at radius 2 is 1.81 bits per heavy atom. The summed E-state index contributed by atoms with van der Waals surface area (Å²) in [6, 6.07) is 20.0. The number of pyridine rings is 1.